The first-order chi connectivity index (χ1) is 25.8. The van der Waals surface area contributed by atoms with Crippen molar-refractivity contribution in [1.82, 2.24) is 0 Å². The number of unbranched alkanes of at least 4 members (excludes halogenated alkanes) is 9. The van der Waals surface area contributed by atoms with E-state index in [2.05, 4.69) is 98.9 Å². The molecule has 0 fully saturated rings. The average molecular weight is 762 g/mol. The van der Waals surface area contributed by atoms with E-state index >= 15 is 0 Å². The molecule has 2 unspecified atom stereocenters. The molecule has 0 aliphatic carbocycles. The molecule has 0 radical (unpaired) electrons. The van der Waals surface area contributed by atoms with Crippen LogP contribution in [0, 0.1) is 0 Å². The van der Waals surface area contributed by atoms with E-state index in [4.69, 9.17) is 24.3 Å². The molecule has 302 valence electrons. The van der Waals surface area contributed by atoms with Gasteiger partial charge in [-0.15, -0.1) is 0 Å². The summed E-state index contributed by atoms with van der Waals surface area (Å²) >= 11 is 0. The van der Waals surface area contributed by atoms with Crippen molar-refractivity contribution in [3.05, 3.63) is 85.1 Å². The molecule has 10 heteroatoms. The molecule has 0 aromatic carbocycles. The van der Waals surface area contributed by atoms with Gasteiger partial charge in [-0.25, -0.2) is 4.57 Å². The van der Waals surface area contributed by atoms with Gasteiger partial charge in [0.15, 0.2) is 6.10 Å². The van der Waals surface area contributed by atoms with Crippen molar-refractivity contribution >= 4 is 19.8 Å². The third-order valence-corrected chi connectivity index (χ3v) is 8.76. The maximum atomic E-state index is 12.5. The van der Waals surface area contributed by atoms with Crippen molar-refractivity contribution in [2.75, 3.05) is 26.4 Å². The van der Waals surface area contributed by atoms with Crippen LogP contribution in [0.25, 0.3) is 0 Å². The lowest BCUT2D eigenvalue weighted by Gasteiger charge is -2.19. The number of carbonyl (C=O) groups is 2. The van der Waals surface area contributed by atoms with E-state index in [-0.39, 0.29) is 32.6 Å². The predicted molar refractivity (Wildman–Crippen MR) is 219 cm³/mol. The largest absolute Gasteiger partial charge is 0.472 e. The van der Waals surface area contributed by atoms with E-state index in [0.29, 0.717) is 12.8 Å². The molecule has 0 aromatic rings. The summed E-state index contributed by atoms with van der Waals surface area (Å²) in [7, 11) is -4.39. The highest BCUT2D eigenvalue weighted by molar-refractivity contribution is 7.47. The van der Waals surface area contributed by atoms with Crippen LogP contribution in [-0.2, 0) is 32.7 Å². The Morgan fingerprint density at radius 3 is 1.49 bits per heavy atom. The fourth-order valence-electron chi connectivity index (χ4n) is 4.87. The molecule has 2 atom stereocenters. The van der Waals surface area contributed by atoms with Crippen LogP contribution in [0.4, 0.5) is 0 Å². The predicted octanol–water partition coefficient (Wildman–Crippen LogP) is 11.3. The molecule has 0 aliphatic heterocycles. The van der Waals surface area contributed by atoms with E-state index in [1.165, 1.54) is 19.3 Å². The molecular formula is C43H72NO8P. The zero-order valence-corrected chi connectivity index (χ0v) is 33.9. The summed E-state index contributed by atoms with van der Waals surface area (Å²) in [4.78, 5) is 34.8. The van der Waals surface area contributed by atoms with Crippen LogP contribution < -0.4 is 5.73 Å². The van der Waals surface area contributed by atoms with Gasteiger partial charge in [0.1, 0.15) is 6.61 Å². The Morgan fingerprint density at radius 1 is 0.566 bits per heavy atom. The van der Waals surface area contributed by atoms with Crippen LogP contribution in [0.2, 0.25) is 0 Å². The van der Waals surface area contributed by atoms with Gasteiger partial charge in [-0.2, -0.15) is 0 Å². The second-order valence-corrected chi connectivity index (χ2v) is 14.2. The van der Waals surface area contributed by atoms with Crippen LogP contribution in [0.5, 0.6) is 0 Å². The van der Waals surface area contributed by atoms with Crippen LogP contribution in [0.1, 0.15) is 142 Å². The number of rotatable bonds is 36. The van der Waals surface area contributed by atoms with Crippen molar-refractivity contribution < 1.29 is 37.6 Å². The van der Waals surface area contributed by atoms with Gasteiger partial charge in [0.2, 0.25) is 0 Å². The number of esters is 2. The molecular weight excluding hydrogens is 689 g/mol. The van der Waals surface area contributed by atoms with Crippen molar-refractivity contribution in [2.24, 2.45) is 5.73 Å². The van der Waals surface area contributed by atoms with Crippen LogP contribution in [-0.4, -0.2) is 49.3 Å². The molecule has 9 nitrogen and oxygen atoms in total. The third kappa shape index (κ3) is 38.7. The lowest BCUT2D eigenvalue weighted by molar-refractivity contribution is -0.161. The number of hydrogen-bond acceptors (Lipinski definition) is 8. The normalized spacial score (nSPS) is 14.3. The van der Waals surface area contributed by atoms with Crippen LogP contribution in [0.3, 0.4) is 0 Å². The van der Waals surface area contributed by atoms with E-state index in [9.17, 15) is 19.0 Å². The lowest BCUT2D eigenvalue weighted by Crippen LogP contribution is -2.29. The van der Waals surface area contributed by atoms with Crippen LogP contribution >= 0.6 is 7.82 Å². The maximum Gasteiger partial charge on any atom is 0.472 e. The standard InChI is InChI=1S/C43H72NO8P/c1-3-5-7-9-11-13-15-17-19-20-22-23-25-27-29-31-33-35-42(45)49-39-41(40-51-53(47,48)50-38-37-44)52-43(46)36-34-32-30-28-26-24-21-18-16-14-12-10-8-6-4-2/h5-8,11-14,17-19,21,26,28,41H,3-4,9-10,15-16,20,22-25,27,29-40,44H2,1-2H3,(H,47,48)/b7-5-,8-6-,13-11-,14-12-,19-17-,21-18-,28-26-. The Kier molecular flexibility index (Phi) is 36.8. The van der Waals surface area contributed by atoms with Gasteiger partial charge in [-0.3, -0.25) is 18.6 Å². The summed E-state index contributed by atoms with van der Waals surface area (Å²) < 4.78 is 32.7. The number of ether oxygens (including phenoxy) is 2. The zero-order valence-electron chi connectivity index (χ0n) is 33.0. The van der Waals surface area contributed by atoms with Crippen molar-refractivity contribution in [3.63, 3.8) is 0 Å². The molecule has 0 spiro atoms. The van der Waals surface area contributed by atoms with Gasteiger partial charge in [0.25, 0.3) is 0 Å². The number of allylic oxidation sites excluding steroid dienone is 14. The lowest BCUT2D eigenvalue weighted by atomic mass is 10.1. The smallest absolute Gasteiger partial charge is 0.462 e. The topological polar surface area (TPSA) is 134 Å². The molecule has 0 aromatic heterocycles. The minimum absolute atomic E-state index is 0.0403. The number of nitrogens with two attached hydrogens (primary N) is 1. The Balaban J connectivity index is 4.29. The molecule has 0 aliphatic rings. The van der Waals surface area contributed by atoms with Gasteiger partial charge < -0.3 is 20.1 Å². The highest BCUT2D eigenvalue weighted by atomic mass is 31.2. The molecule has 0 bridgehead atoms. The van der Waals surface area contributed by atoms with E-state index < -0.39 is 32.5 Å². The minimum Gasteiger partial charge on any atom is -0.462 e. The second kappa shape index (κ2) is 38.9. The summed E-state index contributed by atoms with van der Waals surface area (Å²) in [5.74, 6) is -0.899. The minimum atomic E-state index is -4.39. The Bertz CT molecular complexity index is 1140. The Morgan fingerprint density at radius 2 is 0.981 bits per heavy atom. The summed E-state index contributed by atoms with van der Waals surface area (Å²) in [5, 5.41) is 0. The van der Waals surface area contributed by atoms with Crippen molar-refractivity contribution in [1.29, 1.82) is 0 Å². The summed E-state index contributed by atoms with van der Waals surface area (Å²) in [6.45, 7) is 3.42. The van der Waals surface area contributed by atoms with Gasteiger partial charge in [-0.05, 0) is 83.5 Å². The molecule has 0 amide bonds. The Hall–Kier alpha value is -2.81. The highest BCUT2D eigenvalue weighted by Gasteiger charge is 2.25. The van der Waals surface area contributed by atoms with Gasteiger partial charge >= 0.3 is 19.8 Å². The number of phosphoric acid groups is 1. The summed E-state index contributed by atoms with van der Waals surface area (Å²) in [6, 6.07) is 0. The van der Waals surface area contributed by atoms with Crippen molar-refractivity contribution in [2.45, 2.75) is 148 Å². The molecule has 0 rings (SSSR count). The first-order valence-corrected chi connectivity index (χ1v) is 21.6. The SMILES string of the molecule is CC/C=C\C/C=C\C/C=C\C/C=C\CCCCC(=O)OC(COC(=O)CCCCCCCCC/C=C\C/C=C\C/C=C\CC)COP(=O)(O)OCCN. The van der Waals surface area contributed by atoms with E-state index in [1.807, 2.05) is 0 Å². The molecule has 0 heterocycles. The monoisotopic (exact) mass is 761 g/mol. The molecule has 53 heavy (non-hydrogen) atoms. The maximum absolute atomic E-state index is 12.5. The van der Waals surface area contributed by atoms with Crippen molar-refractivity contribution in [3.8, 4) is 0 Å². The molecule has 0 saturated heterocycles. The molecule has 0 saturated carbocycles. The molecule has 3 N–H and O–H groups in total. The zero-order chi connectivity index (χ0) is 38.9. The van der Waals surface area contributed by atoms with Gasteiger partial charge in [0.05, 0.1) is 13.2 Å². The van der Waals surface area contributed by atoms with Gasteiger partial charge in [-0.1, -0.05) is 131 Å². The fourth-order valence-corrected chi connectivity index (χ4v) is 5.64. The second-order valence-electron chi connectivity index (χ2n) is 12.7. The number of phosphoric ester groups is 1. The van der Waals surface area contributed by atoms with Gasteiger partial charge in [0, 0.05) is 19.4 Å². The Labute approximate surface area is 322 Å². The number of carbonyl (C=O) groups excluding carboxylic acids is 2. The fraction of sp³-hybridized carbons (Fsp3) is 0.628. The van der Waals surface area contributed by atoms with E-state index in [1.54, 1.807) is 0 Å². The first-order valence-electron chi connectivity index (χ1n) is 20.1. The quantitative estimate of drug-likeness (QED) is 0.0277. The average Bonchev–Trinajstić information content (AvgIpc) is 3.14. The third-order valence-electron chi connectivity index (χ3n) is 7.78. The first kappa shape index (κ1) is 50.2. The highest BCUT2D eigenvalue weighted by Crippen LogP contribution is 2.43. The summed E-state index contributed by atoms with van der Waals surface area (Å²) in [6.07, 6.45) is 47.6. The van der Waals surface area contributed by atoms with E-state index in [0.717, 1.165) is 83.5 Å². The summed E-state index contributed by atoms with van der Waals surface area (Å²) in [5.41, 5.74) is 5.33. The number of hydrogen-bond donors (Lipinski definition) is 2. The van der Waals surface area contributed by atoms with Crippen LogP contribution in [0.15, 0.2) is 85.1 Å².